The number of ketones is 1. The molecule has 42 heteroatoms. The lowest BCUT2D eigenvalue weighted by Crippen LogP contribution is -2.65. The number of aromatic hydroxyl groups is 3. The molecule has 0 radical (unpaired) electrons. The van der Waals surface area contributed by atoms with Crippen LogP contribution in [-0.4, -0.2) is 210 Å². The fourth-order valence-corrected chi connectivity index (χ4v) is 15.7. The predicted molar refractivity (Wildman–Crippen MR) is 433 cm³/mol. The summed E-state index contributed by atoms with van der Waals surface area (Å²) in [6.07, 6.45) is -25.0. The van der Waals surface area contributed by atoms with E-state index in [1.807, 2.05) is 0 Å². The fraction of sp³-hybridized carbons (Fsp3) is 0.393. The van der Waals surface area contributed by atoms with E-state index in [4.69, 9.17) is 57.4 Å². The Labute approximate surface area is 724 Å². The third kappa shape index (κ3) is 21.0. The van der Waals surface area contributed by atoms with Crippen LogP contribution in [0.1, 0.15) is 132 Å². The van der Waals surface area contributed by atoms with E-state index in [0.717, 1.165) is 78.9 Å². The molecule has 0 saturated carbocycles. The fourth-order valence-electron chi connectivity index (χ4n) is 15.2. The number of phenols is 3. The van der Waals surface area contributed by atoms with Gasteiger partial charge in [-0.05, 0) is 139 Å². The van der Waals surface area contributed by atoms with Gasteiger partial charge >= 0.3 is 6.18 Å². The number of amides is 8. The first kappa shape index (κ1) is 93.7. The number of fused-ring (bicyclic) bond motifs is 15. The molecule has 7 aromatic carbocycles. The predicted octanol–water partition coefficient (Wildman–Crippen LogP) is 3.05. The Morgan fingerprint density at radius 2 is 1.32 bits per heavy atom. The quantitative estimate of drug-likeness (QED) is 0.0201. The standard InChI is InChI=1S/C84H91Cl2F4N11O25/c1-34(2)20-50(92-5)75(114)99-66-68(109)40-12-16-55(47(85)23-40)122-57-26-42-27-58(72(57)126-82-73(71(112)70(111)59(33-103)124-82)125-61-31-83(4,74(113)35(3)121-61)93-32-37-8-6-36(7-9-37)21-53(106)38-10-14-46(49(87)25-38)84(88,89)90)123-56-17-13-41(24-48(56)86)69(110)67-80(119)98-65(81(120)101-94-18-19-102)45-28-43(104)29-54(107)62(45)44-22-39(11-15-52(44)105)63(77(116)100-67)97-78(117)64(42)96-76(115)51(30-60(91)108)95-79(66)118/h6-17,22-29,34-35,50-51,59,61,63-71,73-74,82,92-94,102-105,107,109-113H,18-21,30-33H2,1-5H3,(H2,91,108)(H,95,118)(H,96,115)(H,97,117)(H,98,119)(H,99,114)(H,100,116)(H,101,120)/t35-,50+,51-,59+,61-,63+,64+,65+,66+,67-,68+,69+,70+,71-,73+,74+,82?,83+/m0/s1. The molecule has 14 rings (SSSR count). The van der Waals surface area contributed by atoms with E-state index < -0.39 is 278 Å². The number of hydrogen-bond acceptors (Lipinski definition) is 28. The lowest BCUT2D eigenvalue weighted by Gasteiger charge is -2.48. The molecule has 18 atom stereocenters. The Kier molecular flexibility index (Phi) is 29.2. The number of carbonyl (C=O) groups excluding carboxylic acids is 9. The van der Waals surface area contributed by atoms with Gasteiger partial charge in [0.1, 0.15) is 101 Å². The largest absolute Gasteiger partial charge is 0.508 e. The summed E-state index contributed by atoms with van der Waals surface area (Å²) < 4.78 is 93.8. The molecular weight excluding hydrogens is 1710 g/mol. The van der Waals surface area contributed by atoms with Crippen molar-refractivity contribution < 1.29 is 140 Å². The van der Waals surface area contributed by atoms with E-state index in [1.54, 1.807) is 45.0 Å². The Hall–Kier alpha value is -11.5. The van der Waals surface area contributed by atoms with Gasteiger partial charge in [0.05, 0.1) is 53.5 Å². The maximum atomic E-state index is 16.3. The minimum Gasteiger partial charge on any atom is -0.508 e. The van der Waals surface area contributed by atoms with E-state index in [1.165, 1.54) is 20.0 Å². The van der Waals surface area contributed by atoms with Crippen LogP contribution in [0.25, 0.3) is 11.1 Å². The molecule has 8 amide bonds. The van der Waals surface area contributed by atoms with Crippen molar-refractivity contribution in [2.45, 2.75) is 175 Å². The zero-order valence-corrected chi connectivity index (χ0v) is 69.0. The Balaban J connectivity index is 1.00. The number of likely N-dealkylation sites (N-methyl/N-ethyl adjacent to an activating group) is 1. The van der Waals surface area contributed by atoms with Crippen LogP contribution in [0.2, 0.25) is 10.0 Å². The number of ether oxygens (including phenoxy) is 6. The van der Waals surface area contributed by atoms with Crippen LogP contribution < -0.4 is 73.3 Å². The molecule has 36 nitrogen and oxygen atoms in total. The number of hydrogen-bond donors (Lipinski definition) is 21. The van der Waals surface area contributed by atoms with E-state index in [2.05, 4.69) is 53.4 Å². The number of aliphatic hydroxyl groups is 7. The van der Waals surface area contributed by atoms with Gasteiger partial charge in [0, 0.05) is 54.2 Å². The Bertz CT molecular complexity index is 5320. The van der Waals surface area contributed by atoms with E-state index in [9.17, 15) is 87.8 Å². The third-order valence-corrected chi connectivity index (χ3v) is 22.5. The van der Waals surface area contributed by atoms with E-state index in [-0.39, 0.29) is 60.5 Å². The van der Waals surface area contributed by atoms with Gasteiger partial charge in [0.15, 0.2) is 29.7 Å². The van der Waals surface area contributed by atoms with Crippen LogP contribution in [0.3, 0.4) is 0 Å². The molecule has 2 fully saturated rings. The van der Waals surface area contributed by atoms with Gasteiger partial charge in [-0.2, -0.15) is 13.2 Å². The number of hydrazine groups is 1. The van der Waals surface area contributed by atoms with Gasteiger partial charge in [0.25, 0.3) is 5.91 Å². The molecule has 11 bridgehead atoms. The summed E-state index contributed by atoms with van der Waals surface area (Å²) in [4.78, 5) is 133. The molecule has 126 heavy (non-hydrogen) atoms. The van der Waals surface area contributed by atoms with Crippen molar-refractivity contribution >= 4 is 76.2 Å². The lowest BCUT2D eigenvalue weighted by atomic mass is 9.84. The summed E-state index contributed by atoms with van der Waals surface area (Å²) in [7, 11) is 1.46. The normalized spacial score (nSPS) is 26.0. The number of nitrogens with two attached hydrogens (primary N) is 1. The molecule has 7 aliphatic heterocycles. The average molecular weight is 1800 g/mol. The first-order valence-corrected chi connectivity index (χ1v) is 40.2. The van der Waals surface area contributed by atoms with Crippen LogP contribution in [0.5, 0.6) is 46.0 Å². The van der Waals surface area contributed by atoms with Gasteiger partial charge in [0.2, 0.25) is 53.4 Å². The van der Waals surface area contributed by atoms with Crippen molar-refractivity contribution in [2.24, 2.45) is 11.7 Å². The molecule has 2 saturated heterocycles. The highest BCUT2D eigenvalue weighted by Gasteiger charge is 2.53. The van der Waals surface area contributed by atoms with Gasteiger partial charge in [-0.1, -0.05) is 85.6 Å². The number of alkyl halides is 3. The van der Waals surface area contributed by atoms with Crippen molar-refractivity contribution in [3.8, 4) is 57.1 Å². The number of halogens is 6. The van der Waals surface area contributed by atoms with Crippen LogP contribution >= 0.6 is 23.2 Å². The van der Waals surface area contributed by atoms with Gasteiger partial charge in [-0.25, -0.2) is 9.82 Å². The number of primary amides is 1. The van der Waals surface area contributed by atoms with Crippen molar-refractivity contribution in [1.29, 1.82) is 0 Å². The topological polar surface area (TPSA) is 558 Å². The van der Waals surface area contributed by atoms with Crippen molar-refractivity contribution in [3.63, 3.8) is 0 Å². The monoisotopic (exact) mass is 1800 g/mol. The van der Waals surface area contributed by atoms with Crippen LogP contribution in [0, 0.1) is 11.7 Å². The van der Waals surface area contributed by atoms with E-state index >= 15 is 24.0 Å². The molecule has 7 aliphatic rings. The maximum absolute atomic E-state index is 16.3. The van der Waals surface area contributed by atoms with Crippen molar-refractivity contribution in [3.05, 3.63) is 187 Å². The number of benzene rings is 7. The minimum atomic E-state index is -4.99. The molecular formula is C84H91Cl2F4N11O25. The second kappa shape index (κ2) is 39.2. The minimum absolute atomic E-state index is 0.00782. The van der Waals surface area contributed by atoms with Crippen LogP contribution in [-0.2, 0) is 71.7 Å². The lowest BCUT2D eigenvalue weighted by molar-refractivity contribution is -0.334. The first-order chi connectivity index (χ1) is 59.6. The first-order valence-electron chi connectivity index (χ1n) is 39.5. The smallest absolute Gasteiger partial charge is 0.419 e. The second-order valence-corrected chi connectivity index (χ2v) is 32.2. The summed E-state index contributed by atoms with van der Waals surface area (Å²) in [6, 6.07) is 7.38. The third-order valence-electron chi connectivity index (χ3n) is 21.9. The zero-order chi connectivity index (χ0) is 91.4. The number of nitrogens with one attached hydrogen (secondary N) is 10. The number of Topliss-reactive ketones (excluding diaryl/α,β-unsaturated/α-hetero) is 1. The number of carbonyl (C=O) groups is 9. The molecule has 1 unspecified atom stereocenters. The Morgan fingerprint density at radius 3 is 1.93 bits per heavy atom. The Morgan fingerprint density at radius 1 is 0.690 bits per heavy atom. The SMILES string of the molecule is CN[C@H](CC(C)C)C(=O)N[C@H]1C(=O)N[C@@H](CC(N)=O)C(=O)N[C@H]2C(=O)N[C@H]3C(=O)N[C@H](C(=O)N[C@@H](C(=O)NNCCO)c4cc(O)cc(O)c4-c4cc3ccc4O)[C@H](O)c3ccc(c(Cl)c3)Oc3cc2cc(c3OC2O[C@H](CO)[C@@H](O)[C@H](O)[C@H]2O[C@H]2C[C@@](C)(NCc3ccc(CC(=O)c4ccc(C(F)(F)F)c(F)c4)cc3)[C@H](O)[C@H](C)O2)Oc2ccc(cc2Cl)[C@H]1O. The average Bonchev–Trinajstić information content (AvgIpc) is 0.764. The molecule has 0 aromatic heterocycles. The highest BCUT2D eigenvalue weighted by atomic mass is 35.5. The van der Waals surface area contributed by atoms with E-state index in [0.29, 0.717) is 23.3 Å². The van der Waals surface area contributed by atoms with Gasteiger partial charge in [-0.3, -0.25) is 48.6 Å². The molecule has 674 valence electrons. The number of phenolic OH excluding ortho intramolecular Hbond substituents is 3. The summed E-state index contributed by atoms with van der Waals surface area (Å²) in [5.41, 5.74) is 5.42. The maximum Gasteiger partial charge on any atom is 0.419 e. The van der Waals surface area contributed by atoms with Crippen LogP contribution in [0.15, 0.2) is 121 Å². The molecule has 7 aromatic rings. The summed E-state index contributed by atoms with van der Waals surface area (Å²) >= 11 is 14.3. The highest BCUT2D eigenvalue weighted by molar-refractivity contribution is 6.32. The summed E-state index contributed by atoms with van der Waals surface area (Å²) in [5.74, 6) is -18.1. The van der Waals surface area contributed by atoms with Gasteiger partial charge < -0.3 is 128 Å². The molecule has 22 N–H and O–H groups in total. The number of aliphatic hydroxyl groups excluding tert-OH is 7. The molecule has 0 spiro atoms. The summed E-state index contributed by atoms with van der Waals surface area (Å²) in [6.45, 7) is 4.81. The van der Waals surface area contributed by atoms with Gasteiger partial charge in [-0.15, -0.1) is 0 Å². The van der Waals surface area contributed by atoms with Crippen molar-refractivity contribution in [1.82, 2.24) is 53.4 Å². The molecule has 0 aliphatic carbocycles. The van der Waals surface area contributed by atoms with Crippen molar-refractivity contribution in [2.75, 3.05) is 26.8 Å². The van der Waals surface area contributed by atoms with Crippen LogP contribution in [0.4, 0.5) is 17.6 Å². The number of rotatable bonds is 22. The molecule has 7 heterocycles. The second-order valence-electron chi connectivity index (χ2n) is 31.4. The zero-order valence-electron chi connectivity index (χ0n) is 67.5. The summed E-state index contributed by atoms with van der Waals surface area (Å²) in [5, 5.41) is 136. The highest BCUT2D eigenvalue weighted by Crippen LogP contribution is 2.50.